The molecule has 19 heavy (non-hydrogen) atoms. The summed E-state index contributed by atoms with van der Waals surface area (Å²) in [6.45, 7) is 0.399. The van der Waals surface area contributed by atoms with Crippen molar-refractivity contribution < 1.29 is 14.3 Å². The Morgan fingerprint density at radius 1 is 1.32 bits per heavy atom. The Kier molecular flexibility index (Phi) is 4.52. The summed E-state index contributed by atoms with van der Waals surface area (Å²) in [7, 11) is 1.33. The zero-order chi connectivity index (χ0) is 13.7. The van der Waals surface area contributed by atoms with E-state index in [9.17, 15) is 4.79 Å². The summed E-state index contributed by atoms with van der Waals surface area (Å²) >= 11 is 3.25. The van der Waals surface area contributed by atoms with Crippen LogP contribution in [0.2, 0.25) is 0 Å². The molecule has 4 nitrogen and oxygen atoms in total. The third kappa shape index (κ3) is 3.54. The number of halogens is 1. The molecule has 1 aromatic carbocycles. The number of pyridine rings is 1. The Bertz CT molecular complexity index is 572. The molecule has 0 bridgehead atoms. The minimum atomic E-state index is -0.432. The molecule has 1 heterocycles. The number of hydrogen-bond acceptors (Lipinski definition) is 4. The van der Waals surface area contributed by atoms with Crippen LogP contribution in [0.1, 0.15) is 15.9 Å². The fraction of sp³-hybridized carbons (Fsp3) is 0.143. The van der Waals surface area contributed by atoms with Gasteiger partial charge >= 0.3 is 5.97 Å². The number of benzene rings is 1. The van der Waals surface area contributed by atoms with E-state index < -0.39 is 5.97 Å². The average molecular weight is 322 g/mol. The van der Waals surface area contributed by atoms with E-state index in [1.54, 1.807) is 6.07 Å². The summed E-state index contributed by atoms with van der Waals surface area (Å²) < 4.78 is 10.8. The molecule has 2 rings (SSSR count). The maximum Gasteiger partial charge on any atom is 0.339 e. The molecule has 0 N–H and O–H groups in total. The molecule has 0 amide bonds. The number of nitrogens with zero attached hydrogens (tertiary/aromatic N) is 1. The Labute approximate surface area is 119 Å². The number of carbonyl (C=O) groups excluding carboxylic acids is 1. The van der Waals surface area contributed by atoms with Crippen LogP contribution in [0.4, 0.5) is 0 Å². The van der Waals surface area contributed by atoms with Crippen molar-refractivity contribution in [2.75, 3.05) is 7.11 Å². The van der Waals surface area contributed by atoms with Gasteiger partial charge in [0.2, 0.25) is 5.88 Å². The fourth-order valence-corrected chi connectivity index (χ4v) is 1.88. The van der Waals surface area contributed by atoms with Gasteiger partial charge in [0.1, 0.15) is 6.61 Å². The molecular formula is C14H12BrNO3. The van der Waals surface area contributed by atoms with Gasteiger partial charge in [0.15, 0.2) is 0 Å². The first kappa shape index (κ1) is 13.5. The second-order valence-electron chi connectivity index (χ2n) is 3.77. The van der Waals surface area contributed by atoms with Crippen LogP contribution in [-0.4, -0.2) is 18.1 Å². The van der Waals surface area contributed by atoms with Crippen molar-refractivity contribution in [3.8, 4) is 5.88 Å². The van der Waals surface area contributed by atoms with Crippen LogP contribution < -0.4 is 4.74 Å². The highest BCUT2D eigenvalue weighted by molar-refractivity contribution is 9.10. The Morgan fingerprint density at radius 2 is 2.05 bits per heavy atom. The Morgan fingerprint density at radius 3 is 2.74 bits per heavy atom. The molecule has 0 fully saturated rings. The molecule has 0 saturated carbocycles. The van der Waals surface area contributed by atoms with E-state index in [1.807, 2.05) is 30.3 Å². The summed E-state index contributed by atoms with van der Waals surface area (Å²) in [5.74, 6) is -0.0497. The lowest BCUT2D eigenvalue weighted by atomic mass is 10.2. The van der Waals surface area contributed by atoms with Crippen LogP contribution in [0.15, 0.2) is 47.1 Å². The summed E-state index contributed by atoms with van der Waals surface area (Å²) in [6.07, 6.45) is 1.52. The summed E-state index contributed by atoms with van der Waals surface area (Å²) in [5, 5.41) is 0. The van der Waals surface area contributed by atoms with E-state index in [1.165, 1.54) is 13.3 Å². The summed E-state index contributed by atoms with van der Waals surface area (Å²) in [4.78, 5) is 15.6. The van der Waals surface area contributed by atoms with E-state index >= 15 is 0 Å². The highest BCUT2D eigenvalue weighted by atomic mass is 79.9. The van der Waals surface area contributed by atoms with Crippen LogP contribution in [-0.2, 0) is 11.3 Å². The van der Waals surface area contributed by atoms with E-state index in [4.69, 9.17) is 4.74 Å². The third-order valence-corrected chi connectivity index (χ3v) is 3.10. The van der Waals surface area contributed by atoms with Gasteiger partial charge in [-0.25, -0.2) is 9.78 Å². The third-order valence-electron chi connectivity index (χ3n) is 2.47. The molecule has 0 saturated heterocycles. The smallest absolute Gasteiger partial charge is 0.339 e. The quantitative estimate of drug-likeness (QED) is 0.811. The lowest BCUT2D eigenvalue weighted by Gasteiger charge is -2.07. The highest BCUT2D eigenvalue weighted by Crippen LogP contribution is 2.21. The molecular weight excluding hydrogens is 310 g/mol. The van der Waals surface area contributed by atoms with Crippen LogP contribution >= 0.6 is 15.9 Å². The number of ether oxygens (including phenoxy) is 2. The molecule has 0 spiro atoms. The van der Waals surface area contributed by atoms with Crippen molar-refractivity contribution in [3.63, 3.8) is 0 Å². The van der Waals surface area contributed by atoms with Gasteiger partial charge in [-0.3, -0.25) is 0 Å². The van der Waals surface area contributed by atoms with Gasteiger partial charge in [-0.2, -0.15) is 0 Å². The zero-order valence-electron chi connectivity index (χ0n) is 10.3. The second kappa shape index (κ2) is 6.33. The van der Waals surface area contributed by atoms with Crippen molar-refractivity contribution in [3.05, 3.63) is 58.2 Å². The van der Waals surface area contributed by atoms with Crippen molar-refractivity contribution in [1.82, 2.24) is 4.98 Å². The monoisotopic (exact) mass is 321 g/mol. The fourth-order valence-electron chi connectivity index (χ4n) is 1.50. The van der Waals surface area contributed by atoms with E-state index in [-0.39, 0.29) is 0 Å². The number of esters is 1. The Hall–Kier alpha value is -1.88. The molecule has 2 aromatic rings. The molecule has 0 radical (unpaired) electrons. The van der Waals surface area contributed by atoms with Gasteiger partial charge in [0, 0.05) is 12.3 Å². The minimum Gasteiger partial charge on any atom is -0.473 e. The largest absolute Gasteiger partial charge is 0.473 e. The highest BCUT2D eigenvalue weighted by Gasteiger charge is 2.12. The minimum absolute atomic E-state index is 0.382. The lowest BCUT2D eigenvalue weighted by Crippen LogP contribution is -2.04. The van der Waals surface area contributed by atoms with Crippen molar-refractivity contribution in [1.29, 1.82) is 0 Å². The van der Waals surface area contributed by atoms with E-state index in [2.05, 4.69) is 25.7 Å². The maximum absolute atomic E-state index is 11.5. The van der Waals surface area contributed by atoms with Gasteiger partial charge < -0.3 is 9.47 Å². The van der Waals surface area contributed by atoms with Gasteiger partial charge in [-0.1, -0.05) is 30.3 Å². The molecule has 98 valence electrons. The molecule has 0 atom stereocenters. The number of aromatic nitrogens is 1. The second-order valence-corrected chi connectivity index (χ2v) is 4.62. The van der Waals surface area contributed by atoms with Crippen LogP contribution in [0.3, 0.4) is 0 Å². The molecule has 0 aliphatic heterocycles. The van der Waals surface area contributed by atoms with Crippen molar-refractivity contribution in [2.24, 2.45) is 0 Å². The summed E-state index contributed by atoms with van der Waals surface area (Å²) in [5.41, 5.74) is 1.42. The van der Waals surface area contributed by atoms with Crippen LogP contribution in [0, 0.1) is 0 Å². The predicted molar refractivity (Wildman–Crippen MR) is 74.1 cm³/mol. The first-order valence-electron chi connectivity index (χ1n) is 5.61. The standard InChI is InChI=1S/C14H12BrNO3/c1-18-14(17)11-7-13(16-8-12(11)15)19-9-10-5-3-2-4-6-10/h2-8H,9H2,1H3. The number of rotatable bonds is 4. The van der Waals surface area contributed by atoms with Gasteiger partial charge in [-0.05, 0) is 21.5 Å². The topological polar surface area (TPSA) is 48.4 Å². The van der Waals surface area contributed by atoms with Crippen LogP contribution in [0.25, 0.3) is 0 Å². The molecule has 1 aromatic heterocycles. The van der Waals surface area contributed by atoms with Crippen molar-refractivity contribution in [2.45, 2.75) is 6.61 Å². The Balaban J connectivity index is 2.11. The molecule has 0 aliphatic carbocycles. The maximum atomic E-state index is 11.5. The van der Waals surface area contributed by atoms with Gasteiger partial charge in [0.25, 0.3) is 0 Å². The van der Waals surface area contributed by atoms with Crippen molar-refractivity contribution >= 4 is 21.9 Å². The van der Waals surface area contributed by atoms with Gasteiger partial charge in [0.05, 0.1) is 17.1 Å². The van der Waals surface area contributed by atoms with E-state index in [0.29, 0.717) is 22.5 Å². The van der Waals surface area contributed by atoms with E-state index in [0.717, 1.165) is 5.56 Å². The first-order chi connectivity index (χ1) is 9.20. The number of methoxy groups -OCH3 is 1. The molecule has 0 aliphatic rings. The predicted octanol–water partition coefficient (Wildman–Crippen LogP) is 3.21. The van der Waals surface area contributed by atoms with Gasteiger partial charge in [-0.15, -0.1) is 0 Å². The molecule has 0 unspecified atom stereocenters. The number of hydrogen-bond donors (Lipinski definition) is 0. The summed E-state index contributed by atoms with van der Waals surface area (Å²) in [6, 6.07) is 11.3. The average Bonchev–Trinajstić information content (AvgIpc) is 2.46. The SMILES string of the molecule is COC(=O)c1cc(OCc2ccccc2)ncc1Br. The van der Waals surface area contributed by atoms with Crippen LogP contribution in [0.5, 0.6) is 5.88 Å². The lowest BCUT2D eigenvalue weighted by molar-refractivity contribution is 0.0599. The normalized spacial score (nSPS) is 10.0. The number of carbonyl (C=O) groups is 1. The first-order valence-corrected chi connectivity index (χ1v) is 6.40. The molecule has 5 heteroatoms. The zero-order valence-corrected chi connectivity index (χ0v) is 11.9.